The first-order chi connectivity index (χ1) is 14.1. The van der Waals surface area contributed by atoms with Crippen LogP contribution in [-0.2, 0) is 0 Å². The second kappa shape index (κ2) is 10.4. The van der Waals surface area contributed by atoms with Crippen molar-refractivity contribution in [1.29, 1.82) is 0 Å². The third kappa shape index (κ3) is 6.44. The van der Waals surface area contributed by atoms with Crippen LogP contribution in [-0.4, -0.2) is 50.3 Å². The minimum atomic E-state index is -0.568. The van der Waals surface area contributed by atoms with Gasteiger partial charge in [-0.05, 0) is 61.9 Å². The number of anilines is 2. The zero-order valence-corrected chi connectivity index (χ0v) is 16.9. The van der Waals surface area contributed by atoms with Gasteiger partial charge in [0.25, 0.3) is 0 Å². The molecule has 0 saturated carbocycles. The lowest BCUT2D eigenvalue weighted by molar-refractivity contribution is 0.225. The van der Waals surface area contributed by atoms with Crippen LogP contribution in [0.2, 0.25) is 0 Å². The fourth-order valence-electron chi connectivity index (χ4n) is 3.38. The standard InChI is InChI=1S/C23H28N4O2/c1-2-4-19-5-9-21(10-6-19)27-16-14-26(15-17-27)13-3-18-29-22-11-7-20(8-12-22)25-23(24)28/h5-12H,3,13-18H2,1H3,(H3,24,25,28). The average molecular weight is 393 g/mol. The van der Waals surface area contributed by atoms with E-state index in [1.54, 1.807) is 12.1 Å². The van der Waals surface area contributed by atoms with E-state index in [4.69, 9.17) is 10.5 Å². The number of urea groups is 1. The molecule has 2 aromatic rings. The minimum absolute atomic E-state index is 0.568. The summed E-state index contributed by atoms with van der Waals surface area (Å²) in [5, 5.41) is 2.53. The Labute approximate surface area is 172 Å². The monoisotopic (exact) mass is 392 g/mol. The van der Waals surface area contributed by atoms with Crippen LogP contribution < -0.4 is 20.7 Å². The molecule has 152 valence electrons. The normalized spacial score (nSPS) is 14.0. The first-order valence-electron chi connectivity index (χ1n) is 9.93. The van der Waals surface area contributed by atoms with Crippen LogP contribution in [0.4, 0.5) is 16.2 Å². The number of rotatable bonds is 7. The van der Waals surface area contributed by atoms with Gasteiger partial charge in [0.15, 0.2) is 0 Å². The van der Waals surface area contributed by atoms with Gasteiger partial charge in [0, 0.05) is 49.7 Å². The Morgan fingerprint density at radius 1 is 1.07 bits per heavy atom. The Balaban J connectivity index is 1.34. The van der Waals surface area contributed by atoms with Gasteiger partial charge in [-0.15, -0.1) is 5.92 Å². The van der Waals surface area contributed by atoms with Crippen molar-refractivity contribution in [3.63, 3.8) is 0 Å². The van der Waals surface area contributed by atoms with Gasteiger partial charge in [-0.2, -0.15) is 0 Å². The molecule has 29 heavy (non-hydrogen) atoms. The van der Waals surface area contributed by atoms with Crippen molar-refractivity contribution in [1.82, 2.24) is 4.90 Å². The van der Waals surface area contributed by atoms with Crippen molar-refractivity contribution < 1.29 is 9.53 Å². The summed E-state index contributed by atoms with van der Waals surface area (Å²) in [7, 11) is 0. The molecule has 0 bridgehead atoms. The zero-order valence-electron chi connectivity index (χ0n) is 16.9. The molecule has 3 rings (SSSR count). The minimum Gasteiger partial charge on any atom is -0.494 e. The topological polar surface area (TPSA) is 70.8 Å². The SMILES string of the molecule is CC#Cc1ccc(N2CCN(CCCOc3ccc(NC(N)=O)cc3)CC2)cc1. The Morgan fingerprint density at radius 3 is 2.38 bits per heavy atom. The number of ether oxygens (including phenoxy) is 1. The first kappa shape index (κ1) is 20.6. The Morgan fingerprint density at radius 2 is 1.76 bits per heavy atom. The maximum Gasteiger partial charge on any atom is 0.316 e. The van der Waals surface area contributed by atoms with Crippen molar-refractivity contribution in [2.45, 2.75) is 13.3 Å². The molecule has 3 N–H and O–H groups in total. The molecule has 1 fully saturated rings. The number of primary amides is 1. The molecule has 0 spiro atoms. The van der Waals surface area contributed by atoms with Gasteiger partial charge >= 0.3 is 6.03 Å². The molecule has 1 aliphatic rings. The number of carbonyl (C=O) groups excluding carboxylic acids is 1. The highest BCUT2D eigenvalue weighted by molar-refractivity contribution is 5.87. The molecule has 0 radical (unpaired) electrons. The number of carbonyl (C=O) groups is 1. The molecule has 2 amide bonds. The van der Waals surface area contributed by atoms with E-state index in [9.17, 15) is 4.79 Å². The third-order valence-electron chi connectivity index (χ3n) is 4.88. The maximum atomic E-state index is 10.8. The van der Waals surface area contributed by atoms with E-state index in [2.05, 4.69) is 51.2 Å². The van der Waals surface area contributed by atoms with Gasteiger partial charge in [0.05, 0.1) is 6.61 Å². The summed E-state index contributed by atoms with van der Waals surface area (Å²) in [6.45, 7) is 7.75. The van der Waals surface area contributed by atoms with Crippen LogP contribution in [0.1, 0.15) is 18.9 Å². The summed E-state index contributed by atoms with van der Waals surface area (Å²) in [5.74, 6) is 6.81. The highest BCUT2D eigenvalue weighted by atomic mass is 16.5. The quantitative estimate of drug-likeness (QED) is 0.561. The van der Waals surface area contributed by atoms with Crippen LogP contribution in [0.3, 0.4) is 0 Å². The van der Waals surface area contributed by atoms with Crippen LogP contribution in [0.25, 0.3) is 0 Å². The van der Waals surface area contributed by atoms with Crippen molar-refractivity contribution in [2.75, 3.05) is 49.5 Å². The summed E-state index contributed by atoms with van der Waals surface area (Å²) in [4.78, 5) is 15.7. The lowest BCUT2D eigenvalue weighted by Gasteiger charge is -2.36. The van der Waals surface area contributed by atoms with Crippen molar-refractivity contribution in [3.05, 3.63) is 54.1 Å². The molecule has 6 heteroatoms. The number of hydrogen-bond donors (Lipinski definition) is 2. The predicted molar refractivity (Wildman–Crippen MR) is 117 cm³/mol. The number of amides is 2. The van der Waals surface area contributed by atoms with Crippen molar-refractivity contribution in [2.24, 2.45) is 5.73 Å². The molecule has 6 nitrogen and oxygen atoms in total. The van der Waals surface area contributed by atoms with Crippen LogP contribution in [0.5, 0.6) is 5.75 Å². The predicted octanol–water partition coefficient (Wildman–Crippen LogP) is 3.14. The van der Waals surface area contributed by atoms with Crippen LogP contribution >= 0.6 is 0 Å². The largest absolute Gasteiger partial charge is 0.494 e. The Bertz CT molecular complexity index is 845. The molecule has 1 heterocycles. The fraction of sp³-hybridized carbons (Fsp3) is 0.348. The van der Waals surface area contributed by atoms with Crippen LogP contribution in [0, 0.1) is 11.8 Å². The lowest BCUT2D eigenvalue weighted by atomic mass is 10.2. The van der Waals surface area contributed by atoms with Crippen molar-refractivity contribution in [3.8, 4) is 17.6 Å². The maximum absolute atomic E-state index is 10.8. The summed E-state index contributed by atoms with van der Waals surface area (Å²) in [6.07, 6.45) is 0.978. The molecule has 0 atom stereocenters. The highest BCUT2D eigenvalue weighted by Gasteiger charge is 2.16. The van der Waals surface area contributed by atoms with Gasteiger partial charge in [-0.3, -0.25) is 4.90 Å². The van der Waals surface area contributed by atoms with Crippen LogP contribution in [0.15, 0.2) is 48.5 Å². The van der Waals surface area contributed by atoms with E-state index in [0.717, 1.165) is 50.5 Å². The average Bonchev–Trinajstić information content (AvgIpc) is 2.73. The molecule has 0 aromatic heterocycles. The Hall–Kier alpha value is -3.17. The van der Waals surface area contributed by atoms with E-state index >= 15 is 0 Å². The summed E-state index contributed by atoms with van der Waals surface area (Å²) in [6, 6.07) is 15.2. The number of piperazine rings is 1. The second-order valence-corrected chi connectivity index (χ2v) is 6.97. The summed E-state index contributed by atoms with van der Waals surface area (Å²) < 4.78 is 5.79. The zero-order chi connectivity index (χ0) is 20.5. The molecular weight excluding hydrogens is 364 g/mol. The van der Waals surface area contributed by atoms with E-state index in [1.807, 2.05) is 19.1 Å². The smallest absolute Gasteiger partial charge is 0.316 e. The number of nitrogens with two attached hydrogens (primary N) is 1. The van der Waals surface area contributed by atoms with E-state index in [0.29, 0.717) is 12.3 Å². The lowest BCUT2D eigenvalue weighted by Crippen LogP contribution is -2.46. The second-order valence-electron chi connectivity index (χ2n) is 6.97. The van der Waals surface area contributed by atoms with E-state index in [1.165, 1.54) is 5.69 Å². The molecule has 2 aromatic carbocycles. The molecule has 0 unspecified atom stereocenters. The van der Waals surface area contributed by atoms with E-state index in [-0.39, 0.29) is 0 Å². The Kier molecular flexibility index (Phi) is 7.37. The summed E-state index contributed by atoms with van der Waals surface area (Å²) >= 11 is 0. The van der Waals surface area contributed by atoms with E-state index < -0.39 is 6.03 Å². The number of nitrogens with zero attached hydrogens (tertiary/aromatic N) is 2. The van der Waals surface area contributed by atoms with Gasteiger partial charge < -0.3 is 20.7 Å². The number of benzene rings is 2. The first-order valence-corrected chi connectivity index (χ1v) is 9.93. The number of hydrogen-bond acceptors (Lipinski definition) is 4. The summed E-state index contributed by atoms with van der Waals surface area (Å²) in [5.41, 5.74) is 8.09. The third-order valence-corrected chi connectivity index (χ3v) is 4.88. The van der Waals surface area contributed by atoms with Gasteiger partial charge in [0.1, 0.15) is 5.75 Å². The fourth-order valence-corrected chi connectivity index (χ4v) is 3.38. The molecular formula is C23H28N4O2. The molecule has 0 aliphatic carbocycles. The highest BCUT2D eigenvalue weighted by Crippen LogP contribution is 2.18. The number of nitrogens with one attached hydrogen (secondary N) is 1. The van der Waals surface area contributed by atoms with Gasteiger partial charge in [-0.1, -0.05) is 5.92 Å². The molecule has 1 aliphatic heterocycles. The molecule has 1 saturated heterocycles. The van der Waals surface area contributed by atoms with Gasteiger partial charge in [0.2, 0.25) is 0 Å². The van der Waals surface area contributed by atoms with Gasteiger partial charge in [-0.25, -0.2) is 4.79 Å². The van der Waals surface area contributed by atoms with Crippen molar-refractivity contribution >= 4 is 17.4 Å².